The maximum absolute atomic E-state index is 5.11. The summed E-state index contributed by atoms with van der Waals surface area (Å²) in [6, 6.07) is 0. The van der Waals surface area contributed by atoms with Gasteiger partial charge in [0, 0.05) is 18.9 Å². The van der Waals surface area contributed by atoms with E-state index in [1.54, 1.807) is 0 Å². The van der Waals surface area contributed by atoms with Crippen LogP contribution in [0.1, 0.15) is 19.3 Å². The van der Waals surface area contributed by atoms with E-state index >= 15 is 0 Å². The van der Waals surface area contributed by atoms with Crippen LogP contribution in [0.4, 0.5) is 0 Å². The van der Waals surface area contributed by atoms with Crippen LogP contribution in [0.2, 0.25) is 0 Å². The maximum atomic E-state index is 5.11. The molecule has 9 heavy (non-hydrogen) atoms. The smallest absolute Gasteiger partial charge is 0.136 e. The molecule has 48 valence electrons. The van der Waals surface area contributed by atoms with Crippen molar-refractivity contribution in [3.05, 3.63) is 6.61 Å². The minimum absolute atomic E-state index is 0.392. The number of terminal acetylenes is 1. The molecule has 0 aliphatic carbocycles. The molecule has 0 bridgehead atoms. The molecule has 0 amide bonds. The van der Waals surface area contributed by atoms with Gasteiger partial charge < -0.3 is 4.74 Å². The van der Waals surface area contributed by atoms with Gasteiger partial charge in [-0.15, -0.1) is 12.3 Å². The summed E-state index contributed by atoms with van der Waals surface area (Å²) in [5.41, 5.74) is 0. The lowest BCUT2D eigenvalue weighted by Gasteiger charge is -2.17. The van der Waals surface area contributed by atoms with Crippen LogP contribution in [0.15, 0.2) is 0 Å². The molecule has 1 nitrogen and oxygen atoms in total. The molecule has 1 heterocycles. The van der Waals surface area contributed by atoms with Crippen LogP contribution >= 0.6 is 0 Å². The second kappa shape index (κ2) is 3.53. The van der Waals surface area contributed by atoms with Gasteiger partial charge in [-0.2, -0.15) is 0 Å². The van der Waals surface area contributed by atoms with Crippen molar-refractivity contribution in [2.45, 2.75) is 19.3 Å². The Morgan fingerprint density at radius 2 is 2.67 bits per heavy atom. The van der Waals surface area contributed by atoms with Crippen LogP contribution in [-0.2, 0) is 4.74 Å². The van der Waals surface area contributed by atoms with Gasteiger partial charge in [-0.05, 0) is 12.8 Å². The Labute approximate surface area is 56.4 Å². The standard InChI is InChI=1S/C8H10O/c1-2-4-8-5-3-6-9-7-8/h1,8H,3-6H2. The van der Waals surface area contributed by atoms with Gasteiger partial charge in [0.05, 0.1) is 0 Å². The highest BCUT2D eigenvalue weighted by molar-refractivity contribution is 4.90. The summed E-state index contributed by atoms with van der Waals surface area (Å²) in [6.45, 7) is 3.70. The normalized spacial score (nSPS) is 27.2. The third kappa shape index (κ3) is 2.07. The van der Waals surface area contributed by atoms with Crippen LogP contribution in [0.25, 0.3) is 0 Å². The molecule has 1 saturated heterocycles. The predicted octanol–water partition coefficient (Wildman–Crippen LogP) is 1.48. The Morgan fingerprint density at radius 3 is 3.22 bits per heavy atom. The second-order valence-corrected chi connectivity index (χ2v) is 2.21. The van der Waals surface area contributed by atoms with Crippen LogP contribution in [0, 0.1) is 24.9 Å². The summed E-state index contributed by atoms with van der Waals surface area (Å²) < 4.78 is 4.99. The zero-order valence-electron chi connectivity index (χ0n) is 5.39. The van der Waals surface area contributed by atoms with Crippen molar-refractivity contribution in [2.75, 3.05) is 6.61 Å². The molecule has 1 aliphatic heterocycles. The molecule has 1 unspecified atom stereocenters. The fourth-order valence-corrected chi connectivity index (χ4v) is 0.924. The zero-order chi connectivity index (χ0) is 6.53. The minimum Gasteiger partial charge on any atom is -0.368 e. The minimum atomic E-state index is 0.392. The highest BCUT2D eigenvalue weighted by atomic mass is 16.5. The van der Waals surface area contributed by atoms with Crippen LogP contribution in [0.5, 0.6) is 0 Å². The molecule has 1 atom stereocenters. The van der Waals surface area contributed by atoms with E-state index < -0.39 is 0 Å². The summed E-state index contributed by atoms with van der Waals surface area (Å²) >= 11 is 0. The second-order valence-electron chi connectivity index (χ2n) is 2.21. The van der Waals surface area contributed by atoms with Crippen LogP contribution in [-0.4, -0.2) is 6.61 Å². The molecule has 1 rings (SSSR count). The Hall–Kier alpha value is -0.480. The molecule has 0 aromatic carbocycles. The Morgan fingerprint density at radius 1 is 1.78 bits per heavy atom. The number of ether oxygens (including phenoxy) is 1. The molecule has 0 aromatic rings. The highest BCUT2D eigenvalue weighted by Gasteiger charge is 2.13. The average Bonchev–Trinajstić information content (AvgIpc) is 1.91. The first-order chi connectivity index (χ1) is 4.43. The van der Waals surface area contributed by atoms with Crippen molar-refractivity contribution in [1.82, 2.24) is 0 Å². The van der Waals surface area contributed by atoms with E-state index in [4.69, 9.17) is 11.2 Å². The van der Waals surface area contributed by atoms with Gasteiger partial charge in [0.15, 0.2) is 0 Å². The highest BCUT2D eigenvalue weighted by Crippen LogP contribution is 2.19. The van der Waals surface area contributed by atoms with Crippen LogP contribution in [0.3, 0.4) is 0 Å². The molecular weight excluding hydrogens is 112 g/mol. The van der Waals surface area contributed by atoms with Gasteiger partial charge >= 0.3 is 0 Å². The molecule has 0 spiro atoms. The number of hydrogen-bond donors (Lipinski definition) is 0. The van der Waals surface area contributed by atoms with E-state index in [1.165, 1.54) is 0 Å². The average molecular weight is 122 g/mol. The Bertz CT molecular complexity index is 106. The first-order valence-electron chi connectivity index (χ1n) is 3.24. The van der Waals surface area contributed by atoms with Crippen molar-refractivity contribution in [3.8, 4) is 12.3 Å². The maximum Gasteiger partial charge on any atom is 0.136 e. The zero-order valence-corrected chi connectivity index (χ0v) is 5.39. The quantitative estimate of drug-likeness (QED) is 0.478. The molecule has 1 aliphatic rings. The molecule has 0 saturated carbocycles. The summed E-state index contributed by atoms with van der Waals surface area (Å²) in [4.78, 5) is 0. The first kappa shape index (κ1) is 6.64. The monoisotopic (exact) mass is 122 g/mol. The van der Waals surface area contributed by atoms with E-state index in [9.17, 15) is 0 Å². The topological polar surface area (TPSA) is 9.23 Å². The van der Waals surface area contributed by atoms with Gasteiger partial charge in [-0.25, -0.2) is 0 Å². The Kier molecular flexibility index (Phi) is 2.60. The summed E-state index contributed by atoms with van der Waals surface area (Å²) in [5.74, 6) is 2.99. The SMILES string of the molecule is C#CCC1[C]OCCC1. The molecule has 0 aromatic heterocycles. The molecule has 1 fully saturated rings. The molecule has 2 radical (unpaired) electrons. The van der Waals surface area contributed by atoms with Crippen molar-refractivity contribution in [3.63, 3.8) is 0 Å². The van der Waals surface area contributed by atoms with E-state index in [1.807, 2.05) is 0 Å². The lowest BCUT2D eigenvalue weighted by atomic mass is 9.99. The Balaban J connectivity index is 2.17. The molecule has 1 heteroatoms. The summed E-state index contributed by atoms with van der Waals surface area (Å²) in [5, 5.41) is 0. The lowest BCUT2D eigenvalue weighted by molar-refractivity contribution is 0.118. The van der Waals surface area contributed by atoms with Crippen molar-refractivity contribution < 1.29 is 4.74 Å². The van der Waals surface area contributed by atoms with Gasteiger partial charge in [0.2, 0.25) is 0 Å². The fraction of sp³-hybridized carbons (Fsp3) is 0.625. The van der Waals surface area contributed by atoms with Crippen LogP contribution < -0.4 is 0 Å². The van der Waals surface area contributed by atoms with Crippen molar-refractivity contribution in [2.24, 2.45) is 5.92 Å². The molecule has 0 N–H and O–H groups in total. The largest absolute Gasteiger partial charge is 0.368 e. The molecular formula is C8H10O. The van der Waals surface area contributed by atoms with E-state index in [0.717, 1.165) is 25.9 Å². The van der Waals surface area contributed by atoms with E-state index in [2.05, 4.69) is 12.5 Å². The number of rotatable bonds is 1. The van der Waals surface area contributed by atoms with Gasteiger partial charge in [-0.1, -0.05) is 0 Å². The predicted molar refractivity (Wildman–Crippen MR) is 35.4 cm³/mol. The van der Waals surface area contributed by atoms with Crippen molar-refractivity contribution in [1.29, 1.82) is 0 Å². The summed E-state index contributed by atoms with van der Waals surface area (Å²) in [7, 11) is 0. The van der Waals surface area contributed by atoms with Gasteiger partial charge in [0.25, 0.3) is 0 Å². The van der Waals surface area contributed by atoms with E-state index in [-0.39, 0.29) is 0 Å². The third-order valence-electron chi connectivity index (χ3n) is 1.41. The third-order valence-corrected chi connectivity index (χ3v) is 1.41. The van der Waals surface area contributed by atoms with Gasteiger partial charge in [-0.3, -0.25) is 0 Å². The van der Waals surface area contributed by atoms with Crippen molar-refractivity contribution >= 4 is 0 Å². The first-order valence-corrected chi connectivity index (χ1v) is 3.24. The lowest BCUT2D eigenvalue weighted by Crippen LogP contribution is -2.11. The fourth-order valence-electron chi connectivity index (χ4n) is 0.924. The van der Waals surface area contributed by atoms with E-state index in [0.29, 0.717) is 5.92 Å². The summed E-state index contributed by atoms with van der Waals surface area (Å²) in [6.07, 6.45) is 8.16. The number of hydrogen-bond acceptors (Lipinski definition) is 1. The van der Waals surface area contributed by atoms with Gasteiger partial charge in [0.1, 0.15) is 6.61 Å².